The number of aromatic amines is 1. The summed E-state index contributed by atoms with van der Waals surface area (Å²) in [5.41, 5.74) is 2.83. The van der Waals surface area contributed by atoms with Gasteiger partial charge in [0.2, 0.25) is 5.91 Å². The maximum Gasteiger partial charge on any atom is 0.235 e. The molecule has 3 aromatic rings. The highest BCUT2D eigenvalue weighted by atomic mass is 32.2. The van der Waals surface area contributed by atoms with Crippen molar-refractivity contribution in [3.8, 4) is 5.75 Å². The van der Waals surface area contributed by atoms with Gasteiger partial charge in [-0.1, -0.05) is 24.3 Å². The Morgan fingerprint density at radius 1 is 1.16 bits per heavy atom. The summed E-state index contributed by atoms with van der Waals surface area (Å²) in [6, 6.07) is 13.6. The summed E-state index contributed by atoms with van der Waals surface area (Å²) in [4.78, 5) is 16.2. The van der Waals surface area contributed by atoms with Crippen molar-refractivity contribution in [1.82, 2.24) is 15.2 Å². The molecular formula is C18H16N4O2S. The second-order valence-corrected chi connectivity index (χ2v) is 6.68. The normalized spacial score (nSPS) is 16.6. The van der Waals surface area contributed by atoms with Gasteiger partial charge >= 0.3 is 0 Å². The van der Waals surface area contributed by atoms with Gasteiger partial charge in [-0.2, -0.15) is 5.10 Å². The van der Waals surface area contributed by atoms with Crippen LogP contribution in [0.5, 0.6) is 5.75 Å². The molecule has 1 aliphatic heterocycles. The van der Waals surface area contributed by atoms with Crippen molar-refractivity contribution < 1.29 is 9.53 Å². The summed E-state index contributed by atoms with van der Waals surface area (Å²) < 4.78 is 6.02. The van der Waals surface area contributed by atoms with Crippen LogP contribution in [0.4, 0.5) is 5.82 Å². The number of hydrogen-bond donors (Lipinski definition) is 2. The molecule has 0 spiro atoms. The van der Waals surface area contributed by atoms with E-state index < -0.39 is 0 Å². The number of ether oxygens (including phenoxy) is 1. The number of aromatic nitrogens is 3. The van der Waals surface area contributed by atoms with Crippen LogP contribution in [-0.4, -0.2) is 26.8 Å². The maximum atomic E-state index is 11.9. The minimum atomic E-state index is -0.0371. The highest BCUT2D eigenvalue weighted by Crippen LogP contribution is 2.43. The van der Waals surface area contributed by atoms with Gasteiger partial charge in [0.1, 0.15) is 18.2 Å². The zero-order chi connectivity index (χ0) is 17.1. The van der Waals surface area contributed by atoms with Crippen molar-refractivity contribution in [2.75, 3.05) is 11.1 Å². The molecule has 0 bridgehead atoms. The van der Waals surface area contributed by atoms with Gasteiger partial charge in [0, 0.05) is 17.3 Å². The fourth-order valence-electron chi connectivity index (χ4n) is 2.74. The number of carbonyl (C=O) groups excluding carboxylic acids is 1. The zero-order valence-electron chi connectivity index (χ0n) is 13.3. The lowest BCUT2D eigenvalue weighted by Gasteiger charge is -2.18. The molecule has 6 nitrogen and oxygen atoms in total. The van der Waals surface area contributed by atoms with Crippen molar-refractivity contribution in [1.29, 1.82) is 0 Å². The van der Waals surface area contributed by atoms with Gasteiger partial charge < -0.3 is 10.1 Å². The molecule has 1 amide bonds. The monoisotopic (exact) mass is 352 g/mol. The van der Waals surface area contributed by atoms with Gasteiger partial charge in [0.25, 0.3) is 0 Å². The fourth-order valence-corrected chi connectivity index (χ4v) is 3.86. The van der Waals surface area contributed by atoms with Gasteiger partial charge in [-0.05, 0) is 18.2 Å². The van der Waals surface area contributed by atoms with E-state index >= 15 is 0 Å². The Balaban J connectivity index is 1.64. The van der Waals surface area contributed by atoms with Crippen LogP contribution >= 0.6 is 11.8 Å². The van der Waals surface area contributed by atoms with Gasteiger partial charge in [-0.25, -0.2) is 0 Å². The molecule has 2 aromatic heterocycles. The first-order chi connectivity index (χ1) is 12.3. The molecule has 3 heterocycles. The van der Waals surface area contributed by atoms with Gasteiger partial charge in [0.15, 0.2) is 0 Å². The van der Waals surface area contributed by atoms with E-state index in [1.807, 2.05) is 42.5 Å². The number of anilines is 1. The van der Waals surface area contributed by atoms with Gasteiger partial charge in [0.05, 0.1) is 22.9 Å². The van der Waals surface area contributed by atoms with Crippen molar-refractivity contribution in [2.45, 2.75) is 11.9 Å². The topological polar surface area (TPSA) is 79.9 Å². The summed E-state index contributed by atoms with van der Waals surface area (Å²) in [5.74, 6) is 1.78. The number of carbonyl (C=O) groups is 1. The van der Waals surface area contributed by atoms with Crippen molar-refractivity contribution in [2.24, 2.45) is 0 Å². The summed E-state index contributed by atoms with van der Waals surface area (Å²) in [5, 5.41) is 9.75. The molecule has 25 heavy (non-hydrogen) atoms. The molecule has 1 aliphatic rings. The van der Waals surface area contributed by atoms with Gasteiger partial charge in [-0.15, -0.1) is 11.8 Å². The molecule has 126 valence electrons. The Labute approximate surface area is 149 Å². The highest BCUT2D eigenvalue weighted by molar-refractivity contribution is 8.00. The molecule has 0 fully saturated rings. The molecule has 2 N–H and O–H groups in total. The Hall–Kier alpha value is -2.80. The minimum Gasteiger partial charge on any atom is -0.487 e. The molecule has 7 heteroatoms. The number of nitrogens with zero attached hydrogens (tertiary/aromatic N) is 2. The number of nitrogens with one attached hydrogen (secondary N) is 2. The predicted octanol–water partition coefficient (Wildman–Crippen LogP) is 3.16. The standard InChI is InChI=1S/C18H16N4O2S/c23-16-11-25-17(14-9-20-22-18(14)21-16)13-6-1-2-7-15(13)24-10-12-5-3-4-8-19-12/h1-9,17H,10-11H2,(H2,20,21,22,23). The summed E-state index contributed by atoms with van der Waals surface area (Å²) in [6.07, 6.45) is 3.51. The molecule has 1 atom stereocenters. The van der Waals surface area contributed by atoms with E-state index in [0.717, 1.165) is 22.6 Å². The second-order valence-electron chi connectivity index (χ2n) is 5.59. The number of hydrogen-bond acceptors (Lipinski definition) is 5. The Morgan fingerprint density at radius 3 is 2.92 bits per heavy atom. The zero-order valence-corrected chi connectivity index (χ0v) is 14.1. The smallest absolute Gasteiger partial charge is 0.235 e. The first-order valence-electron chi connectivity index (χ1n) is 7.87. The largest absolute Gasteiger partial charge is 0.487 e. The lowest BCUT2D eigenvalue weighted by atomic mass is 10.1. The van der Waals surface area contributed by atoms with E-state index in [0.29, 0.717) is 18.2 Å². The number of benzene rings is 1. The van der Waals surface area contributed by atoms with Gasteiger partial charge in [-0.3, -0.25) is 14.9 Å². The first-order valence-corrected chi connectivity index (χ1v) is 8.92. The first kappa shape index (κ1) is 15.7. The number of fused-ring (bicyclic) bond motifs is 1. The van der Waals surface area contributed by atoms with Crippen molar-refractivity contribution >= 4 is 23.5 Å². The molecule has 1 unspecified atom stereocenters. The van der Waals surface area contributed by atoms with Crippen LogP contribution in [0.25, 0.3) is 0 Å². The van der Waals surface area contributed by atoms with E-state index in [2.05, 4.69) is 20.5 Å². The summed E-state index contributed by atoms with van der Waals surface area (Å²) >= 11 is 1.56. The lowest BCUT2D eigenvalue weighted by Crippen LogP contribution is -2.12. The Bertz CT molecular complexity index is 882. The number of para-hydroxylation sites is 1. The van der Waals surface area contributed by atoms with Crippen LogP contribution in [0.3, 0.4) is 0 Å². The average Bonchev–Trinajstić information content (AvgIpc) is 3.03. The third-order valence-electron chi connectivity index (χ3n) is 3.90. The third kappa shape index (κ3) is 3.36. The van der Waals surface area contributed by atoms with Crippen molar-refractivity contribution in [3.63, 3.8) is 0 Å². The number of amides is 1. The third-order valence-corrected chi connectivity index (χ3v) is 5.17. The number of rotatable bonds is 4. The SMILES string of the molecule is O=C1CSC(c2ccccc2OCc2ccccn2)c2cn[nH]c2N1. The van der Waals surface area contributed by atoms with Crippen LogP contribution in [0, 0.1) is 0 Å². The molecule has 0 saturated carbocycles. The molecule has 1 aromatic carbocycles. The van der Waals surface area contributed by atoms with Crippen LogP contribution in [0.1, 0.15) is 22.1 Å². The number of pyridine rings is 1. The van der Waals surface area contributed by atoms with E-state index in [1.165, 1.54) is 0 Å². The molecular weight excluding hydrogens is 336 g/mol. The van der Waals surface area contributed by atoms with Crippen LogP contribution in [-0.2, 0) is 11.4 Å². The Morgan fingerprint density at radius 2 is 2.04 bits per heavy atom. The van der Waals surface area contributed by atoms with E-state index in [-0.39, 0.29) is 11.2 Å². The maximum absolute atomic E-state index is 11.9. The number of thioether (sulfide) groups is 1. The average molecular weight is 352 g/mol. The predicted molar refractivity (Wildman–Crippen MR) is 96.5 cm³/mol. The van der Waals surface area contributed by atoms with E-state index in [9.17, 15) is 4.79 Å². The molecule has 0 radical (unpaired) electrons. The summed E-state index contributed by atoms with van der Waals surface area (Å²) in [6.45, 7) is 0.394. The van der Waals surface area contributed by atoms with Crippen LogP contribution < -0.4 is 10.1 Å². The molecule has 4 rings (SSSR count). The second kappa shape index (κ2) is 6.98. The van der Waals surface area contributed by atoms with Crippen molar-refractivity contribution in [3.05, 3.63) is 71.7 Å². The molecule has 0 saturated heterocycles. The quantitative estimate of drug-likeness (QED) is 0.754. The van der Waals surface area contributed by atoms with Crippen LogP contribution in [0.15, 0.2) is 54.9 Å². The van der Waals surface area contributed by atoms with E-state index in [1.54, 1.807) is 24.2 Å². The van der Waals surface area contributed by atoms with Crippen LogP contribution in [0.2, 0.25) is 0 Å². The molecule has 0 aliphatic carbocycles. The lowest BCUT2D eigenvalue weighted by molar-refractivity contribution is -0.113. The fraction of sp³-hybridized carbons (Fsp3) is 0.167. The summed E-state index contributed by atoms with van der Waals surface area (Å²) in [7, 11) is 0. The minimum absolute atomic E-state index is 0.0346. The number of H-pyrrole nitrogens is 1. The van der Waals surface area contributed by atoms with E-state index in [4.69, 9.17) is 4.74 Å². The highest BCUT2D eigenvalue weighted by Gasteiger charge is 2.27. The Kier molecular flexibility index (Phi) is 4.39.